The van der Waals surface area contributed by atoms with Gasteiger partial charge in [0.15, 0.2) is 0 Å². The first kappa shape index (κ1) is 53.1. The number of carbonyl (C=O) groups excluding carboxylic acids is 9. The Hall–Kier alpha value is -6.02. The average molecular weight is 897 g/mol. The van der Waals surface area contributed by atoms with Crippen LogP contribution in [0.5, 0.6) is 0 Å². The van der Waals surface area contributed by atoms with Gasteiger partial charge in [0.2, 0.25) is 53.2 Å². The van der Waals surface area contributed by atoms with E-state index < -0.39 is 90.1 Å². The summed E-state index contributed by atoms with van der Waals surface area (Å²) in [6, 6.07) is 10.4. The fraction of sp³-hybridized carbons (Fsp3) is 0.512. The maximum absolute atomic E-state index is 14.2. The van der Waals surface area contributed by atoms with Gasteiger partial charge in [0, 0.05) is 39.8 Å². The molecule has 0 fully saturated rings. The lowest BCUT2D eigenvalue weighted by molar-refractivity contribution is -0.136. The van der Waals surface area contributed by atoms with Crippen molar-refractivity contribution in [2.24, 2.45) is 23.1 Å². The van der Waals surface area contributed by atoms with Crippen molar-refractivity contribution in [3.05, 3.63) is 71.8 Å². The minimum atomic E-state index is -1.38. The van der Waals surface area contributed by atoms with Crippen LogP contribution in [0.15, 0.2) is 60.7 Å². The maximum atomic E-state index is 14.2. The third-order valence-electron chi connectivity index (χ3n) is 9.63. The zero-order chi connectivity index (χ0) is 47.1. The largest absolute Gasteiger partial charge is 0.370 e. The fourth-order valence-electron chi connectivity index (χ4n) is 6.24. The van der Waals surface area contributed by atoms with E-state index in [2.05, 4.69) is 31.9 Å². The zero-order valence-electron chi connectivity index (χ0n) is 36.6. The first-order chi connectivity index (χ1) is 29.8. The highest BCUT2D eigenvalue weighted by molar-refractivity contribution is 7.98. The van der Waals surface area contributed by atoms with E-state index >= 15 is 0 Å². The number of hydrogen-bond donors (Lipinski definition) is 9. The minimum Gasteiger partial charge on any atom is -0.370 e. The lowest BCUT2D eigenvalue weighted by Crippen LogP contribution is -2.59. The number of primary amides is 2. The molecular weight excluding hydrogens is 833 g/mol. The van der Waals surface area contributed by atoms with Crippen molar-refractivity contribution in [3.8, 4) is 0 Å². The summed E-state index contributed by atoms with van der Waals surface area (Å²) in [6.45, 7) is 3.17. The molecule has 0 saturated carbocycles. The summed E-state index contributed by atoms with van der Waals surface area (Å²) < 4.78 is 0. The van der Waals surface area contributed by atoms with Gasteiger partial charge >= 0.3 is 0 Å². The van der Waals surface area contributed by atoms with Gasteiger partial charge in [0.1, 0.15) is 30.2 Å². The number of carbonyl (C=O) groups is 9. The molecule has 0 heterocycles. The van der Waals surface area contributed by atoms with E-state index in [1.54, 1.807) is 74.8 Å². The molecule has 0 aliphatic heterocycles. The van der Waals surface area contributed by atoms with Crippen molar-refractivity contribution >= 4 is 64.9 Å². The van der Waals surface area contributed by atoms with Gasteiger partial charge in [-0.1, -0.05) is 74.5 Å². The van der Waals surface area contributed by atoms with E-state index in [9.17, 15) is 43.2 Å². The first-order valence-electron chi connectivity index (χ1n) is 20.7. The first-order valence-corrected chi connectivity index (χ1v) is 22.1. The Morgan fingerprint density at radius 3 is 1.54 bits per heavy atom. The second kappa shape index (κ2) is 27.8. The molecule has 9 amide bonds. The van der Waals surface area contributed by atoms with Crippen molar-refractivity contribution in [3.63, 3.8) is 0 Å². The quantitative estimate of drug-likeness (QED) is 0.0487. The third kappa shape index (κ3) is 20.6. The Kier molecular flexibility index (Phi) is 23.5. The summed E-state index contributed by atoms with van der Waals surface area (Å²) in [6.07, 6.45) is 1.57. The SMILES string of the molecule is CSCC[C@@H](NC(=O)[C@H](CC(C)C)NC(=O)CNC(=O)[C@H](Cc1ccccc1)NC(=O)[C@H](Cc1ccccc1)NC(=O)[C@H](CCC(N)=O)NC(=O)[C@@H](N)CCC(N)=O)C(=O)N(C)C. The molecule has 2 aromatic carbocycles. The van der Waals surface area contributed by atoms with Crippen LogP contribution < -0.4 is 49.1 Å². The van der Waals surface area contributed by atoms with Gasteiger partial charge in [-0.2, -0.15) is 11.8 Å². The number of nitrogens with zero attached hydrogens (tertiary/aromatic N) is 1. The standard InChI is InChI=1S/C43H64N10O9S/c1-26(2)22-32(41(60)50-31(20-21-63-5)43(62)53(3)4)48-37(56)25-47-39(58)33(23-27-12-8-6-9-13-27)51-42(61)34(24-28-14-10-7-11-15-28)52-40(59)30(17-19-36(46)55)49-38(57)29(44)16-18-35(45)54/h6-15,26,29-34H,16-25,44H2,1-5H3,(H2,45,54)(H2,46,55)(H,47,58)(H,48,56)(H,49,57)(H,50,60)(H,51,61)(H,52,59)/t29-,30-,31+,32-,33-,34-/m0/s1. The highest BCUT2D eigenvalue weighted by atomic mass is 32.2. The van der Waals surface area contributed by atoms with Gasteiger partial charge in [0.25, 0.3) is 0 Å². The van der Waals surface area contributed by atoms with Crippen molar-refractivity contribution in [1.29, 1.82) is 0 Å². The van der Waals surface area contributed by atoms with Gasteiger partial charge in [-0.05, 0) is 54.7 Å². The number of nitrogens with two attached hydrogens (primary N) is 3. The minimum absolute atomic E-state index is 0.0256. The number of thioether (sulfide) groups is 1. The van der Waals surface area contributed by atoms with Crippen LogP contribution in [-0.2, 0) is 56.0 Å². The van der Waals surface area contributed by atoms with Crippen molar-refractivity contribution in [1.82, 2.24) is 36.8 Å². The van der Waals surface area contributed by atoms with Crippen LogP contribution in [0.2, 0.25) is 0 Å². The maximum Gasteiger partial charge on any atom is 0.244 e. The van der Waals surface area contributed by atoms with Crippen molar-refractivity contribution < 1.29 is 43.2 Å². The Bertz CT molecular complexity index is 1850. The van der Waals surface area contributed by atoms with E-state index in [0.717, 1.165) is 0 Å². The summed E-state index contributed by atoms with van der Waals surface area (Å²) >= 11 is 1.52. The van der Waals surface area contributed by atoms with Gasteiger partial charge in [-0.25, -0.2) is 0 Å². The lowest BCUT2D eigenvalue weighted by Gasteiger charge is -2.26. The summed E-state index contributed by atoms with van der Waals surface area (Å²) in [4.78, 5) is 119. The summed E-state index contributed by atoms with van der Waals surface area (Å²) in [7, 11) is 3.18. The predicted molar refractivity (Wildman–Crippen MR) is 239 cm³/mol. The molecular formula is C43H64N10O9S. The molecule has 0 aromatic heterocycles. The molecule has 0 saturated heterocycles. The molecule has 0 radical (unpaired) electrons. The van der Waals surface area contributed by atoms with Crippen molar-refractivity contribution in [2.45, 2.75) is 101 Å². The average Bonchev–Trinajstić information content (AvgIpc) is 3.23. The number of likely N-dealkylation sites (N-methyl/N-ethyl adjacent to an activating group) is 1. The topological polar surface area (TPSA) is 307 Å². The van der Waals surface area contributed by atoms with Gasteiger partial charge < -0.3 is 54.0 Å². The van der Waals surface area contributed by atoms with Crippen LogP contribution in [0.25, 0.3) is 0 Å². The van der Waals surface area contributed by atoms with E-state index in [0.29, 0.717) is 23.3 Å². The third-order valence-corrected chi connectivity index (χ3v) is 10.3. The van der Waals surface area contributed by atoms with Crippen LogP contribution in [0, 0.1) is 5.92 Å². The molecule has 0 aliphatic rings. The van der Waals surface area contributed by atoms with Gasteiger partial charge in [-0.15, -0.1) is 0 Å². The monoisotopic (exact) mass is 896 g/mol. The molecule has 20 heteroatoms. The highest BCUT2D eigenvalue weighted by Gasteiger charge is 2.32. The van der Waals surface area contributed by atoms with Crippen LogP contribution in [0.1, 0.15) is 63.5 Å². The van der Waals surface area contributed by atoms with E-state index in [1.165, 1.54) is 16.7 Å². The molecule has 19 nitrogen and oxygen atoms in total. The molecule has 346 valence electrons. The van der Waals surface area contributed by atoms with Gasteiger partial charge in [0.05, 0.1) is 12.6 Å². The molecule has 2 aromatic rings. The summed E-state index contributed by atoms with van der Waals surface area (Å²) in [5.74, 6) is -5.58. The molecule has 0 spiro atoms. The normalized spacial score (nSPS) is 13.8. The second-order valence-electron chi connectivity index (χ2n) is 15.7. The summed E-state index contributed by atoms with van der Waals surface area (Å²) in [5.41, 5.74) is 17.7. The van der Waals surface area contributed by atoms with Crippen molar-refractivity contribution in [2.75, 3.05) is 32.6 Å². The number of nitrogens with one attached hydrogen (secondary N) is 6. The van der Waals surface area contributed by atoms with E-state index in [-0.39, 0.29) is 56.8 Å². The Labute approximate surface area is 372 Å². The number of benzene rings is 2. The van der Waals surface area contributed by atoms with Crippen LogP contribution >= 0.6 is 11.8 Å². The highest BCUT2D eigenvalue weighted by Crippen LogP contribution is 2.11. The Balaban J connectivity index is 2.34. The predicted octanol–water partition coefficient (Wildman–Crippen LogP) is -1.24. The zero-order valence-corrected chi connectivity index (χ0v) is 37.5. The molecule has 12 N–H and O–H groups in total. The fourth-order valence-corrected chi connectivity index (χ4v) is 6.71. The van der Waals surface area contributed by atoms with E-state index in [4.69, 9.17) is 17.2 Å². The molecule has 6 atom stereocenters. The van der Waals surface area contributed by atoms with Crippen LogP contribution in [0.4, 0.5) is 0 Å². The smallest absolute Gasteiger partial charge is 0.244 e. The molecule has 2 rings (SSSR count). The summed E-state index contributed by atoms with van der Waals surface area (Å²) in [5, 5.41) is 15.8. The van der Waals surface area contributed by atoms with E-state index in [1.807, 2.05) is 20.1 Å². The number of hydrogen-bond acceptors (Lipinski definition) is 11. The Morgan fingerprint density at radius 1 is 0.587 bits per heavy atom. The van der Waals surface area contributed by atoms with Crippen LogP contribution in [0.3, 0.4) is 0 Å². The second-order valence-corrected chi connectivity index (χ2v) is 16.7. The molecule has 0 unspecified atom stereocenters. The number of amides is 9. The Morgan fingerprint density at radius 2 is 1.05 bits per heavy atom. The molecule has 0 bridgehead atoms. The lowest BCUT2D eigenvalue weighted by atomic mass is 10.0. The van der Waals surface area contributed by atoms with Crippen LogP contribution in [-0.4, -0.2) is 127 Å². The van der Waals surface area contributed by atoms with Gasteiger partial charge in [-0.3, -0.25) is 43.2 Å². The molecule has 63 heavy (non-hydrogen) atoms. The number of rotatable bonds is 28. The molecule has 0 aliphatic carbocycles.